The highest BCUT2D eigenvalue weighted by Gasteiger charge is 2.42. The number of carbonyl (C=O) groups excluding carboxylic acids is 1. The quantitative estimate of drug-likeness (QED) is 0.138. The number of aromatic nitrogens is 2. The molecule has 6 aromatic rings. The van der Waals surface area contributed by atoms with Crippen molar-refractivity contribution in [1.82, 2.24) is 14.9 Å². The molecule has 1 aliphatic heterocycles. The number of nitrogens with one attached hydrogen (secondary N) is 1. The molecule has 1 aromatic heterocycles. The van der Waals surface area contributed by atoms with Crippen molar-refractivity contribution >= 4 is 22.5 Å². The number of carbonyl (C=O) groups is 1. The van der Waals surface area contributed by atoms with Crippen molar-refractivity contribution in [3.63, 3.8) is 0 Å². The summed E-state index contributed by atoms with van der Waals surface area (Å²) in [5.41, 5.74) is 7.67. The van der Waals surface area contributed by atoms with E-state index in [1.54, 1.807) is 14.2 Å². The molecule has 0 bridgehead atoms. The number of aliphatic hydroxyl groups is 1. The van der Waals surface area contributed by atoms with Crippen LogP contribution in [0, 0.1) is 0 Å². The zero-order chi connectivity index (χ0) is 37.0. The van der Waals surface area contributed by atoms with Gasteiger partial charge in [-0.2, -0.15) is 4.98 Å². The largest absolute Gasteiger partial charge is 0.497 e. The van der Waals surface area contributed by atoms with Crippen molar-refractivity contribution in [2.45, 2.75) is 37.0 Å². The van der Waals surface area contributed by atoms with E-state index in [4.69, 9.17) is 24.7 Å². The Hall–Kier alpha value is -6.01. The lowest BCUT2D eigenvalue weighted by molar-refractivity contribution is -0.0944. The van der Waals surface area contributed by atoms with Gasteiger partial charge in [0.15, 0.2) is 0 Å². The predicted molar refractivity (Wildman–Crippen MR) is 201 cm³/mol. The maximum absolute atomic E-state index is 13.4. The van der Waals surface area contributed by atoms with E-state index < -0.39 is 35.6 Å². The average Bonchev–Trinajstić information content (AvgIpc) is 3.57. The Bertz CT molecular complexity index is 2210. The van der Waals surface area contributed by atoms with Crippen LogP contribution in [0.3, 0.4) is 0 Å². The Kier molecular flexibility index (Phi) is 10.2. The first-order chi connectivity index (χ1) is 25.8. The van der Waals surface area contributed by atoms with Crippen molar-refractivity contribution < 1.29 is 28.8 Å². The second-order valence-corrected chi connectivity index (χ2v) is 12.8. The van der Waals surface area contributed by atoms with E-state index in [0.717, 1.165) is 33.0 Å². The number of nitrogen functional groups attached to an aromatic ring is 1. The summed E-state index contributed by atoms with van der Waals surface area (Å²) in [6.07, 6.45) is -1.38. The number of amides is 1. The second kappa shape index (κ2) is 15.3. The maximum Gasteiger partial charge on any atom is 0.351 e. The summed E-state index contributed by atoms with van der Waals surface area (Å²) in [7, 11) is 3.22. The van der Waals surface area contributed by atoms with Crippen LogP contribution in [0.1, 0.15) is 45.3 Å². The number of aliphatic hydroxyl groups excluding tert-OH is 1. The lowest BCUT2D eigenvalue weighted by Crippen LogP contribution is -2.38. The van der Waals surface area contributed by atoms with Gasteiger partial charge in [-0.1, -0.05) is 97.1 Å². The molecule has 7 rings (SSSR count). The highest BCUT2D eigenvalue weighted by atomic mass is 16.6. The molecular weight excluding hydrogens is 672 g/mol. The van der Waals surface area contributed by atoms with Crippen LogP contribution in [0.2, 0.25) is 0 Å². The third-order valence-corrected chi connectivity index (χ3v) is 9.70. The second-order valence-electron chi connectivity index (χ2n) is 12.8. The Labute approximate surface area is 306 Å². The number of nitrogens with zero attached hydrogens (tertiary/aromatic N) is 2. The standard InChI is InChI=1S/C42H40N4O7/c1-50-32-19-15-30(16-20-32)42(29-12-4-3-5-13-29,31-17-21-33(51-2)22-18-31)52-26-37-36(47)23-38(53-37)46-25-35(39(43)45-41(46)49)40(48)44-24-28-11-8-10-27-9-6-7-14-34(27)28/h3-22,25,36-38,47H,23-24,26H2,1-2H3,(H,44,48)(H2,43,45,49)/t36-,37+,38+/m0/s1. The summed E-state index contributed by atoms with van der Waals surface area (Å²) in [5.74, 6) is 0.674. The van der Waals surface area contributed by atoms with Gasteiger partial charge in [-0.25, -0.2) is 4.79 Å². The molecule has 1 amide bonds. The molecule has 0 unspecified atom stereocenters. The first-order valence-electron chi connectivity index (χ1n) is 17.3. The van der Waals surface area contributed by atoms with Gasteiger partial charge in [0.2, 0.25) is 0 Å². The topological polar surface area (TPSA) is 147 Å². The van der Waals surface area contributed by atoms with E-state index in [1.165, 1.54) is 10.8 Å². The number of fused-ring (bicyclic) bond motifs is 1. The van der Waals surface area contributed by atoms with Gasteiger partial charge in [0.1, 0.15) is 35.2 Å². The molecule has 2 heterocycles. The normalized spacial score (nSPS) is 17.1. The molecule has 53 heavy (non-hydrogen) atoms. The summed E-state index contributed by atoms with van der Waals surface area (Å²) in [5, 5.41) is 16.3. The van der Waals surface area contributed by atoms with Gasteiger partial charge < -0.3 is 35.1 Å². The van der Waals surface area contributed by atoms with Crippen LogP contribution in [0.25, 0.3) is 10.8 Å². The molecule has 0 radical (unpaired) electrons. The number of hydrogen-bond acceptors (Lipinski definition) is 9. The van der Waals surface area contributed by atoms with Crippen LogP contribution >= 0.6 is 0 Å². The molecule has 270 valence electrons. The minimum atomic E-state index is -1.14. The van der Waals surface area contributed by atoms with Crippen LogP contribution in [-0.4, -0.2) is 53.6 Å². The van der Waals surface area contributed by atoms with E-state index in [-0.39, 0.29) is 31.0 Å². The third-order valence-electron chi connectivity index (χ3n) is 9.70. The van der Waals surface area contributed by atoms with Gasteiger partial charge in [0, 0.05) is 19.2 Å². The zero-order valence-corrected chi connectivity index (χ0v) is 29.3. The molecule has 5 aromatic carbocycles. The summed E-state index contributed by atoms with van der Waals surface area (Å²) >= 11 is 0. The molecule has 0 aliphatic carbocycles. The molecule has 0 saturated carbocycles. The molecule has 1 saturated heterocycles. The molecule has 11 nitrogen and oxygen atoms in total. The van der Waals surface area contributed by atoms with Crippen LogP contribution in [-0.2, 0) is 21.6 Å². The van der Waals surface area contributed by atoms with E-state index in [2.05, 4.69) is 10.3 Å². The fourth-order valence-electron chi connectivity index (χ4n) is 6.90. The zero-order valence-electron chi connectivity index (χ0n) is 29.3. The van der Waals surface area contributed by atoms with E-state index in [0.29, 0.717) is 11.5 Å². The van der Waals surface area contributed by atoms with Crippen molar-refractivity contribution in [3.8, 4) is 11.5 Å². The average molecular weight is 713 g/mol. The van der Waals surface area contributed by atoms with Crippen LogP contribution in [0.4, 0.5) is 5.82 Å². The molecule has 1 fully saturated rings. The SMILES string of the molecule is COc1ccc(C(OC[C@H]2O[C@@H](n3cc(C(=O)NCc4cccc5ccccc45)c(N)nc3=O)C[C@@H]2O)(c2ccccc2)c2ccc(OC)cc2)cc1. The van der Waals surface area contributed by atoms with Gasteiger partial charge in [0.25, 0.3) is 5.91 Å². The fourth-order valence-corrected chi connectivity index (χ4v) is 6.90. The Morgan fingerprint density at radius 3 is 2.13 bits per heavy atom. The summed E-state index contributed by atoms with van der Waals surface area (Å²) in [6.45, 7) is 0.183. The van der Waals surface area contributed by atoms with Crippen molar-refractivity contribution in [2.75, 3.05) is 26.6 Å². The Balaban J connectivity index is 1.15. The highest BCUT2D eigenvalue weighted by Crippen LogP contribution is 2.42. The maximum atomic E-state index is 13.4. The summed E-state index contributed by atoms with van der Waals surface area (Å²) < 4.78 is 25.3. The lowest BCUT2D eigenvalue weighted by Gasteiger charge is -2.37. The fraction of sp³-hybridized carbons (Fsp3) is 0.214. The van der Waals surface area contributed by atoms with Crippen molar-refractivity contribution in [2.24, 2.45) is 0 Å². The van der Waals surface area contributed by atoms with E-state index in [1.807, 2.05) is 121 Å². The molecule has 4 N–H and O–H groups in total. The Morgan fingerprint density at radius 1 is 0.868 bits per heavy atom. The highest BCUT2D eigenvalue weighted by molar-refractivity contribution is 5.98. The molecule has 1 aliphatic rings. The van der Waals surface area contributed by atoms with Gasteiger partial charge in [-0.3, -0.25) is 9.36 Å². The van der Waals surface area contributed by atoms with Crippen molar-refractivity contribution in [3.05, 3.63) is 166 Å². The van der Waals surface area contributed by atoms with Gasteiger partial charge in [-0.05, 0) is 57.3 Å². The van der Waals surface area contributed by atoms with Crippen LogP contribution < -0.4 is 26.2 Å². The Morgan fingerprint density at radius 2 is 1.47 bits per heavy atom. The minimum Gasteiger partial charge on any atom is -0.497 e. The molecule has 0 spiro atoms. The minimum absolute atomic E-state index is 0.0183. The lowest BCUT2D eigenvalue weighted by atomic mass is 9.80. The predicted octanol–water partition coefficient (Wildman–Crippen LogP) is 5.58. The van der Waals surface area contributed by atoms with Crippen LogP contribution in [0.15, 0.2) is 132 Å². The number of anilines is 1. The first kappa shape index (κ1) is 35.4. The number of nitrogens with two attached hydrogens (primary N) is 1. The molecular formula is C42H40N4O7. The molecule has 3 atom stereocenters. The number of ether oxygens (including phenoxy) is 4. The van der Waals surface area contributed by atoms with Crippen molar-refractivity contribution in [1.29, 1.82) is 0 Å². The third kappa shape index (κ3) is 7.10. The monoisotopic (exact) mass is 712 g/mol. The summed E-state index contributed by atoms with van der Waals surface area (Å²) in [4.78, 5) is 30.5. The van der Waals surface area contributed by atoms with Gasteiger partial charge in [0.05, 0.1) is 32.5 Å². The van der Waals surface area contributed by atoms with Gasteiger partial charge >= 0.3 is 5.69 Å². The number of benzene rings is 5. The number of hydrogen-bond donors (Lipinski definition) is 3. The van der Waals surface area contributed by atoms with E-state index in [9.17, 15) is 14.7 Å². The smallest absolute Gasteiger partial charge is 0.351 e. The van der Waals surface area contributed by atoms with Gasteiger partial charge in [-0.15, -0.1) is 0 Å². The van der Waals surface area contributed by atoms with E-state index >= 15 is 0 Å². The number of methoxy groups -OCH3 is 2. The van der Waals surface area contributed by atoms with Crippen LogP contribution in [0.5, 0.6) is 11.5 Å². The number of rotatable bonds is 12. The first-order valence-corrected chi connectivity index (χ1v) is 17.3. The summed E-state index contributed by atoms with van der Waals surface area (Å²) in [6, 6.07) is 38.8. The molecule has 11 heteroatoms.